The quantitative estimate of drug-likeness (QED) is 0.579. The van der Waals surface area contributed by atoms with Crippen molar-refractivity contribution in [2.24, 2.45) is 11.7 Å². The summed E-state index contributed by atoms with van der Waals surface area (Å²) in [5, 5.41) is 5.17. The molecule has 0 saturated heterocycles. The Labute approximate surface area is 103 Å². The molecule has 0 aliphatic carbocycles. The Morgan fingerprint density at radius 2 is 1.82 bits per heavy atom. The lowest BCUT2D eigenvalue weighted by Crippen LogP contribution is -2.47. The summed E-state index contributed by atoms with van der Waals surface area (Å²) in [5.74, 6) is -0.451. The Hall–Kier alpha value is -1.36. The van der Waals surface area contributed by atoms with Crippen LogP contribution < -0.4 is 16.4 Å². The van der Waals surface area contributed by atoms with Gasteiger partial charge in [-0.25, -0.2) is 0 Å². The smallest absolute Gasteiger partial charge is 0.239 e. The van der Waals surface area contributed by atoms with Crippen LogP contribution >= 0.6 is 0 Å². The van der Waals surface area contributed by atoms with E-state index in [1.54, 1.807) is 0 Å². The van der Waals surface area contributed by atoms with Crippen LogP contribution in [0, 0.1) is 5.92 Å². The van der Waals surface area contributed by atoms with Crippen molar-refractivity contribution in [2.45, 2.75) is 33.7 Å². The number of carbonyl (C=O) groups is 2. The number of hydrogen-bond donors (Lipinski definition) is 3. The maximum absolute atomic E-state index is 11.4. The van der Waals surface area contributed by atoms with Crippen molar-refractivity contribution in [3.63, 3.8) is 0 Å². The summed E-state index contributed by atoms with van der Waals surface area (Å²) >= 11 is 0. The average molecular weight is 241 g/mol. The molecule has 0 aliphatic rings. The lowest BCUT2D eigenvalue weighted by atomic mass is 10.1. The van der Waals surface area contributed by atoms with E-state index in [0.29, 0.717) is 6.54 Å². The molecule has 0 fully saturated rings. The van der Waals surface area contributed by atoms with Gasteiger partial charge >= 0.3 is 0 Å². The van der Waals surface area contributed by atoms with Crippen LogP contribution in [0.15, 0.2) is 11.6 Å². The maximum atomic E-state index is 11.4. The minimum Gasteiger partial charge on any atom is -0.351 e. The van der Waals surface area contributed by atoms with Crippen LogP contribution in [0.25, 0.3) is 0 Å². The predicted octanol–water partition coefficient (Wildman–Crippen LogP) is 0.168. The van der Waals surface area contributed by atoms with Gasteiger partial charge in [-0.05, 0) is 19.8 Å². The highest BCUT2D eigenvalue weighted by Crippen LogP contribution is 1.97. The summed E-state index contributed by atoms with van der Waals surface area (Å²) in [6, 6.07) is -0.569. The number of nitrogens with two attached hydrogens (primary N) is 1. The highest BCUT2D eigenvalue weighted by Gasteiger charge is 2.17. The number of allylic oxidation sites excluding steroid dienone is 1. The zero-order chi connectivity index (χ0) is 13.4. The molecule has 98 valence electrons. The van der Waals surface area contributed by atoms with E-state index in [1.807, 2.05) is 33.8 Å². The molecular weight excluding hydrogens is 218 g/mol. The fourth-order valence-corrected chi connectivity index (χ4v) is 1.02. The van der Waals surface area contributed by atoms with Crippen LogP contribution in [0.5, 0.6) is 0 Å². The summed E-state index contributed by atoms with van der Waals surface area (Å²) in [7, 11) is 0. The summed E-state index contributed by atoms with van der Waals surface area (Å²) in [6.07, 6.45) is 1.90. The second-order valence-corrected chi connectivity index (χ2v) is 4.57. The van der Waals surface area contributed by atoms with Gasteiger partial charge in [-0.15, -0.1) is 0 Å². The van der Waals surface area contributed by atoms with Crippen LogP contribution in [-0.2, 0) is 9.59 Å². The fourth-order valence-electron chi connectivity index (χ4n) is 1.02. The van der Waals surface area contributed by atoms with Crippen molar-refractivity contribution in [3.05, 3.63) is 11.6 Å². The Morgan fingerprint density at radius 1 is 1.24 bits per heavy atom. The van der Waals surface area contributed by atoms with Gasteiger partial charge < -0.3 is 16.4 Å². The lowest BCUT2D eigenvalue weighted by Gasteiger charge is -2.14. The molecule has 0 spiro atoms. The third kappa shape index (κ3) is 7.52. The summed E-state index contributed by atoms with van der Waals surface area (Å²) in [4.78, 5) is 22.8. The molecule has 17 heavy (non-hydrogen) atoms. The second-order valence-electron chi connectivity index (χ2n) is 4.57. The minimum absolute atomic E-state index is 0.0319. The summed E-state index contributed by atoms with van der Waals surface area (Å²) in [5.41, 5.74) is 6.77. The van der Waals surface area contributed by atoms with E-state index >= 15 is 0 Å². The molecule has 0 unspecified atom stereocenters. The van der Waals surface area contributed by atoms with Crippen LogP contribution in [0.1, 0.15) is 27.7 Å². The Kier molecular flexibility index (Phi) is 7.21. The first-order valence-corrected chi connectivity index (χ1v) is 5.78. The molecule has 2 amide bonds. The van der Waals surface area contributed by atoms with E-state index < -0.39 is 6.04 Å². The van der Waals surface area contributed by atoms with Crippen molar-refractivity contribution < 1.29 is 9.59 Å². The SMILES string of the molecule is CC(C)=CCNC(=O)CNC(=O)[C@@H](N)C(C)C. The van der Waals surface area contributed by atoms with Gasteiger partial charge in [-0.2, -0.15) is 0 Å². The zero-order valence-electron chi connectivity index (χ0n) is 11.0. The van der Waals surface area contributed by atoms with Crippen molar-refractivity contribution in [3.8, 4) is 0 Å². The molecule has 0 rings (SSSR count). The molecule has 5 heteroatoms. The van der Waals surface area contributed by atoms with Crippen molar-refractivity contribution in [1.29, 1.82) is 0 Å². The third-order valence-electron chi connectivity index (χ3n) is 2.25. The predicted molar refractivity (Wildman–Crippen MR) is 68.3 cm³/mol. The Bertz CT molecular complexity index is 294. The van der Waals surface area contributed by atoms with Gasteiger partial charge in [0.05, 0.1) is 12.6 Å². The molecule has 0 heterocycles. The van der Waals surface area contributed by atoms with E-state index in [2.05, 4.69) is 10.6 Å². The Balaban J connectivity index is 3.85. The first kappa shape index (κ1) is 15.6. The van der Waals surface area contributed by atoms with E-state index in [0.717, 1.165) is 5.57 Å². The molecule has 0 aromatic heterocycles. The molecule has 0 aromatic carbocycles. The topological polar surface area (TPSA) is 84.2 Å². The molecule has 0 bridgehead atoms. The summed E-state index contributed by atoms with van der Waals surface area (Å²) < 4.78 is 0. The highest BCUT2D eigenvalue weighted by atomic mass is 16.2. The first-order valence-electron chi connectivity index (χ1n) is 5.78. The Morgan fingerprint density at radius 3 is 2.29 bits per heavy atom. The number of nitrogens with one attached hydrogen (secondary N) is 2. The highest BCUT2D eigenvalue weighted by molar-refractivity contribution is 5.87. The van der Waals surface area contributed by atoms with Gasteiger partial charge in [0.15, 0.2) is 0 Å². The van der Waals surface area contributed by atoms with E-state index in [-0.39, 0.29) is 24.3 Å². The molecule has 0 radical (unpaired) electrons. The molecule has 4 N–H and O–H groups in total. The third-order valence-corrected chi connectivity index (χ3v) is 2.25. The largest absolute Gasteiger partial charge is 0.351 e. The van der Waals surface area contributed by atoms with Gasteiger partial charge in [0, 0.05) is 6.54 Å². The van der Waals surface area contributed by atoms with Gasteiger partial charge in [0.25, 0.3) is 0 Å². The average Bonchev–Trinajstić information content (AvgIpc) is 2.24. The maximum Gasteiger partial charge on any atom is 0.239 e. The van der Waals surface area contributed by atoms with Crippen molar-refractivity contribution in [1.82, 2.24) is 10.6 Å². The normalized spacial score (nSPS) is 11.9. The standard InChI is InChI=1S/C12H23N3O2/c1-8(2)5-6-14-10(16)7-15-12(17)11(13)9(3)4/h5,9,11H,6-7,13H2,1-4H3,(H,14,16)(H,15,17)/t11-/m0/s1. The number of amides is 2. The fraction of sp³-hybridized carbons (Fsp3) is 0.667. The van der Waals surface area contributed by atoms with E-state index in [4.69, 9.17) is 5.73 Å². The van der Waals surface area contributed by atoms with Gasteiger partial charge in [0.1, 0.15) is 0 Å². The molecule has 5 nitrogen and oxygen atoms in total. The summed E-state index contributed by atoms with van der Waals surface area (Å²) in [6.45, 7) is 8.08. The molecule has 0 saturated carbocycles. The van der Waals surface area contributed by atoms with E-state index in [1.165, 1.54) is 0 Å². The zero-order valence-corrected chi connectivity index (χ0v) is 11.0. The first-order chi connectivity index (χ1) is 7.84. The van der Waals surface area contributed by atoms with Crippen LogP contribution in [0.2, 0.25) is 0 Å². The number of carbonyl (C=O) groups excluding carboxylic acids is 2. The molecule has 0 aliphatic heterocycles. The molecular formula is C12H23N3O2. The van der Waals surface area contributed by atoms with Crippen molar-refractivity contribution >= 4 is 11.8 Å². The van der Waals surface area contributed by atoms with Crippen molar-refractivity contribution in [2.75, 3.05) is 13.1 Å². The van der Waals surface area contributed by atoms with Crippen LogP contribution in [-0.4, -0.2) is 30.9 Å². The van der Waals surface area contributed by atoms with Gasteiger partial charge in [-0.3, -0.25) is 9.59 Å². The molecule has 1 atom stereocenters. The number of rotatable bonds is 6. The second kappa shape index (κ2) is 7.84. The molecule has 0 aromatic rings. The number of hydrogen-bond acceptors (Lipinski definition) is 3. The van der Waals surface area contributed by atoms with Crippen LogP contribution in [0.4, 0.5) is 0 Å². The van der Waals surface area contributed by atoms with Gasteiger partial charge in [-0.1, -0.05) is 25.5 Å². The van der Waals surface area contributed by atoms with Crippen LogP contribution in [0.3, 0.4) is 0 Å². The minimum atomic E-state index is -0.569. The van der Waals surface area contributed by atoms with E-state index in [9.17, 15) is 9.59 Å². The monoisotopic (exact) mass is 241 g/mol. The van der Waals surface area contributed by atoms with Gasteiger partial charge in [0.2, 0.25) is 11.8 Å². The lowest BCUT2D eigenvalue weighted by molar-refractivity contribution is -0.127.